The van der Waals surface area contributed by atoms with Crippen molar-refractivity contribution in [3.63, 3.8) is 0 Å². The van der Waals surface area contributed by atoms with Crippen LogP contribution in [-0.4, -0.2) is 11.5 Å². The highest BCUT2D eigenvalue weighted by atomic mass is 16.6. The zero-order valence-corrected chi connectivity index (χ0v) is 7.72. The van der Waals surface area contributed by atoms with Crippen LogP contribution in [0.3, 0.4) is 0 Å². The molecule has 0 heterocycles. The van der Waals surface area contributed by atoms with E-state index < -0.39 is 4.92 Å². The molecule has 0 saturated heterocycles. The van der Waals surface area contributed by atoms with E-state index in [9.17, 15) is 10.1 Å². The van der Waals surface area contributed by atoms with Crippen molar-refractivity contribution < 1.29 is 4.92 Å². The Morgan fingerprint density at radius 1 is 1.50 bits per heavy atom. The number of hydrogen-bond acceptors (Lipinski definition) is 3. The van der Waals surface area contributed by atoms with Crippen LogP contribution in [0.4, 0.5) is 5.69 Å². The van der Waals surface area contributed by atoms with E-state index in [4.69, 9.17) is 5.73 Å². The van der Waals surface area contributed by atoms with Gasteiger partial charge in [-0.1, -0.05) is 24.3 Å². The summed E-state index contributed by atoms with van der Waals surface area (Å²) < 4.78 is 0. The highest BCUT2D eigenvalue weighted by Crippen LogP contribution is 2.14. The third kappa shape index (κ3) is 2.99. The van der Waals surface area contributed by atoms with Crippen molar-refractivity contribution in [2.24, 2.45) is 5.73 Å². The number of rotatable bonds is 4. The van der Waals surface area contributed by atoms with E-state index >= 15 is 0 Å². The van der Waals surface area contributed by atoms with Crippen LogP contribution in [-0.2, 0) is 0 Å². The molecule has 0 saturated carbocycles. The SMILES string of the molecule is NCCC=Cc1cccc([N+](=O)[O-])c1. The fourth-order valence-corrected chi connectivity index (χ4v) is 1.06. The van der Waals surface area contributed by atoms with Crippen LogP contribution >= 0.6 is 0 Å². The summed E-state index contributed by atoms with van der Waals surface area (Å²) in [4.78, 5) is 10.0. The van der Waals surface area contributed by atoms with E-state index in [1.54, 1.807) is 6.07 Å². The van der Waals surface area contributed by atoms with Crippen LogP contribution in [0.15, 0.2) is 30.3 Å². The molecule has 1 rings (SSSR count). The predicted octanol–water partition coefficient (Wildman–Crippen LogP) is 1.96. The van der Waals surface area contributed by atoms with Crippen LogP contribution in [0, 0.1) is 10.1 Å². The van der Waals surface area contributed by atoms with Gasteiger partial charge in [-0.2, -0.15) is 0 Å². The molecule has 0 aliphatic carbocycles. The van der Waals surface area contributed by atoms with Gasteiger partial charge in [-0.15, -0.1) is 0 Å². The number of non-ortho nitro benzene ring substituents is 1. The Morgan fingerprint density at radius 3 is 2.93 bits per heavy atom. The number of hydrogen-bond donors (Lipinski definition) is 1. The number of benzene rings is 1. The highest BCUT2D eigenvalue weighted by Gasteiger charge is 2.02. The second-order valence-electron chi connectivity index (χ2n) is 2.83. The number of nitro groups is 1. The maximum Gasteiger partial charge on any atom is 0.270 e. The summed E-state index contributed by atoms with van der Waals surface area (Å²) in [6.07, 6.45) is 4.52. The smallest absolute Gasteiger partial charge is 0.270 e. The van der Waals surface area contributed by atoms with E-state index in [0.717, 1.165) is 12.0 Å². The van der Waals surface area contributed by atoms with Gasteiger partial charge in [0.05, 0.1) is 4.92 Å². The largest absolute Gasteiger partial charge is 0.330 e. The zero-order chi connectivity index (χ0) is 10.4. The van der Waals surface area contributed by atoms with E-state index in [-0.39, 0.29) is 5.69 Å². The Labute approximate surface area is 82.2 Å². The van der Waals surface area contributed by atoms with E-state index in [1.165, 1.54) is 12.1 Å². The summed E-state index contributed by atoms with van der Waals surface area (Å²) in [6, 6.07) is 6.49. The summed E-state index contributed by atoms with van der Waals surface area (Å²) in [5.74, 6) is 0. The normalized spacial score (nSPS) is 10.6. The van der Waals surface area contributed by atoms with Crippen LogP contribution in [0.1, 0.15) is 12.0 Å². The van der Waals surface area contributed by atoms with Crippen molar-refractivity contribution in [3.05, 3.63) is 46.0 Å². The average molecular weight is 192 g/mol. The van der Waals surface area contributed by atoms with Crippen molar-refractivity contribution in [1.29, 1.82) is 0 Å². The molecule has 0 amide bonds. The van der Waals surface area contributed by atoms with E-state index in [2.05, 4.69) is 0 Å². The Bertz CT molecular complexity index is 348. The molecule has 0 atom stereocenters. The summed E-state index contributed by atoms with van der Waals surface area (Å²) in [5.41, 5.74) is 6.25. The first-order chi connectivity index (χ1) is 6.74. The van der Waals surface area contributed by atoms with Gasteiger partial charge in [0, 0.05) is 12.1 Å². The lowest BCUT2D eigenvalue weighted by atomic mass is 10.2. The molecular weight excluding hydrogens is 180 g/mol. The Balaban J connectivity index is 2.78. The molecule has 74 valence electrons. The lowest BCUT2D eigenvalue weighted by Gasteiger charge is -1.93. The predicted molar refractivity (Wildman–Crippen MR) is 55.8 cm³/mol. The molecule has 1 aromatic carbocycles. The molecule has 2 N–H and O–H groups in total. The van der Waals surface area contributed by atoms with Crippen LogP contribution in [0.25, 0.3) is 6.08 Å². The maximum absolute atomic E-state index is 10.4. The van der Waals surface area contributed by atoms with Crippen molar-refractivity contribution >= 4 is 11.8 Å². The van der Waals surface area contributed by atoms with Gasteiger partial charge < -0.3 is 5.73 Å². The highest BCUT2D eigenvalue weighted by molar-refractivity contribution is 5.53. The topological polar surface area (TPSA) is 69.2 Å². The van der Waals surface area contributed by atoms with Crippen molar-refractivity contribution in [3.8, 4) is 0 Å². The van der Waals surface area contributed by atoms with Gasteiger partial charge in [0.2, 0.25) is 0 Å². The molecule has 4 nitrogen and oxygen atoms in total. The van der Waals surface area contributed by atoms with Gasteiger partial charge in [0.15, 0.2) is 0 Å². The van der Waals surface area contributed by atoms with Gasteiger partial charge in [-0.25, -0.2) is 0 Å². The molecule has 0 fully saturated rings. The van der Waals surface area contributed by atoms with Crippen LogP contribution < -0.4 is 5.73 Å². The van der Waals surface area contributed by atoms with Gasteiger partial charge in [-0.05, 0) is 18.5 Å². The summed E-state index contributed by atoms with van der Waals surface area (Å²) in [6.45, 7) is 0.589. The molecule has 0 aromatic heterocycles. The molecule has 4 heteroatoms. The first-order valence-electron chi connectivity index (χ1n) is 4.35. The summed E-state index contributed by atoms with van der Waals surface area (Å²) in [7, 11) is 0. The average Bonchev–Trinajstić information content (AvgIpc) is 2.19. The second kappa shape index (κ2) is 5.14. The Hall–Kier alpha value is -1.68. The van der Waals surface area contributed by atoms with Gasteiger partial charge >= 0.3 is 0 Å². The van der Waals surface area contributed by atoms with Gasteiger partial charge in [0.25, 0.3) is 5.69 Å². The number of nitro benzene ring substituents is 1. The molecule has 0 spiro atoms. The third-order valence-electron chi connectivity index (χ3n) is 1.72. The summed E-state index contributed by atoms with van der Waals surface area (Å²) in [5, 5.41) is 10.4. The zero-order valence-electron chi connectivity index (χ0n) is 7.72. The van der Waals surface area contributed by atoms with Crippen LogP contribution in [0.5, 0.6) is 0 Å². The summed E-state index contributed by atoms with van der Waals surface area (Å²) >= 11 is 0. The molecule has 0 aliphatic rings. The Kier molecular flexibility index (Phi) is 3.82. The fraction of sp³-hybridized carbons (Fsp3) is 0.200. The molecule has 14 heavy (non-hydrogen) atoms. The quantitative estimate of drug-likeness (QED) is 0.585. The molecule has 0 radical (unpaired) electrons. The maximum atomic E-state index is 10.4. The van der Waals surface area contributed by atoms with Crippen molar-refractivity contribution in [2.45, 2.75) is 6.42 Å². The molecule has 1 aromatic rings. The standard InChI is InChI=1S/C10H12N2O2/c11-7-2-1-4-9-5-3-6-10(8-9)12(13)14/h1,3-6,8H,2,7,11H2. The van der Waals surface area contributed by atoms with Gasteiger partial charge in [0.1, 0.15) is 0 Å². The minimum absolute atomic E-state index is 0.111. The lowest BCUT2D eigenvalue weighted by Crippen LogP contribution is -1.95. The van der Waals surface area contributed by atoms with E-state index in [0.29, 0.717) is 6.54 Å². The molecule has 0 unspecified atom stereocenters. The monoisotopic (exact) mass is 192 g/mol. The molecule has 0 aliphatic heterocycles. The second-order valence-corrected chi connectivity index (χ2v) is 2.83. The van der Waals surface area contributed by atoms with E-state index in [1.807, 2.05) is 18.2 Å². The number of nitrogens with two attached hydrogens (primary N) is 1. The molecule has 0 bridgehead atoms. The fourth-order valence-electron chi connectivity index (χ4n) is 1.06. The molecular formula is C10H12N2O2. The first-order valence-corrected chi connectivity index (χ1v) is 4.35. The minimum atomic E-state index is -0.403. The Morgan fingerprint density at radius 2 is 2.29 bits per heavy atom. The lowest BCUT2D eigenvalue weighted by molar-refractivity contribution is -0.384. The van der Waals surface area contributed by atoms with Gasteiger partial charge in [-0.3, -0.25) is 10.1 Å². The van der Waals surface area contributed by atoms with Crippen molar-refractivity contribution in [1.82, 2.24) is 0 Å². The van der Waals surface area contributed by atoms with Crippen LogP contribution in [0.2, 0.25) is 0 Å². The number of nitrogens with zero attached hydrogens (tertiary/aromatic N) is 1. The first kappa shape index (κ1) is 10.4. The van der Waals surface area contributed by atoms with Crippen molar-refractivity contribution in [2.75, 3.05) is 6.54 Å². The third-order valence-corrected chi connectivity index (χ3v) is 1.72. The minimum Gasteiger partial charge on any atom is -0.330 e.